The molecule has 1 aromatic carbocycles. The van der Waals surface area contributed by atoms with E-state index in [1.54, 1.807) is 13.3 Å². The van der Waals surface area contributed by atoms with Crippen molar-refractivity contribution in [3.8, 4) is 5.69 Å². The number of piperazine rings is 1. The third-order valence-electron chi connectivity index (χ3n) is 5.52. The van der Waals surface area contributed by atoms with Crippen LogP contribution in [0.25, 0.3) is 5.69 Å². The van der Waals surface area contributed by atoms with E-state index in [-0.39, 0.29) is 17.7 Å². The van der Waals surface area contributed by atoms with Crippen LogP contribution in [0.3, 0.4) is 0 Å². The number of methoxy groups -OCH3 is 1. The Bertz CT molecular complexity index is 883. The molecule has 2 heterocycles. The van der Waals surface area contributed by atoms with E-state index in [0.717, 1.165) is 11.4 Å². The number of amides is 2. The van der Waals surface area contributed by atoms with Crippen LogP contribution in [0.5, 0.6) is 0 Å². The van der Waals surface area contributed by atoms with Crippen LogP contribution in [0.1, 0.15) is 41.4 Å². The van der Waals surface area contributed by atoms with Crippen LogP contribution < -0.4 is 5.32 Å². The Balaban J connectivity index is 1.65. The summed E-state index contributed by atoms with van der Waals surface area (Å²) in [7, 11) is 1.61. The molecular weight excluding hydrogens is 394 g/mol. The molecule has 1 aromatic heterocycles. The monoisotopic (exact) mass is 427 g/mol. The molecule has 0 aliphatic carbocycles. The summed E-state index contributed by atoms with van der Waals surface area (Å²) in [5.41, 5.74) is 3.72. The molecule has 0 saturated carbocycles. The molecule has 0 bridgehead atoms. The number of nitrogens with zero attached hydrogens (tertiary/aromatic N) is 4. The number of carbonyl (C=O) groups excluding carboxylic acids is 2. The number of carbonyl (C=O) groups is 2. The Kier molecular flexibility index (Phi) is 7.81. The van der Waals surface area contributed by atoms with E-state index in [4.69, 9.17) is 4.74 Å². The van der Waals surface area contributed by atoms with Gasteiger partial charge in [0.25, 0.3) is 5.91 Å². The van der Waals surface area contributed by atoms with Gasteiger partial charge in [-0.05, 0) is 25.0 Å². The lowest BCUT2D eigenvalue weighted by molar-refractivity contribution is -0.122. The number of aryl methyl sites for hydroxylation is 1. The molecule has 1 fully saturated rings. The lowest BCUT2D eigenvalue weighted by Gasteiger charge is -2.34. The first-order chi connectivity index (χ1) is 14.9. The maximum atomic E-state index is 13.3. The van der Waals surface area contributed by atoms with E-state index >= 15 is 0 Å². The van der Waals surface area contributed by atoms with Crippen molar-refractivity contribution in [2.45, 2.75) is 26.7 Å². The van der Waals surface area contributed by atoms with Crippen molar-refractivity contribution in [1.29, 1.82) is 0 Å². The largest absolute Gasteiger partial charge is 0.383 e. The summed E-state index contributed by atoms with van der Waals surface area (Å²) < 4.78 is 6.82. The number of hydrogen-bond donors (Lipinski definition) is 1. The van der Waals surface area contributed by atoms with Crippen molar-refractivity contribution in [3.05, 3.63) is 47.3 Å². The standard InChI is InChI=1S/C23H33N5O3/c1-17(2)22-20(15-25-28(22)19-7-5-18(3)6-8-19)23(30)27-12-10-26(11-13-27)16-21(29)24-9-14-31-4/h5-8,15,17H,9-14,16H2,1-4H3,(H,24,29). The number of nitrogens with one attached hydrogen (secondary N) is 1. The Labute approximate surface area is 184 Å². The summed E-state index contributed by atoms with van der Waals surface area (Å²) in [6, 6.07) is 8.15. The fourth-order valence-corrected chi connectivity index (χ4v) is 3.80. The molecule has 1 N–H and O–H groups in total. The second kappa shape index (κ2) is 10.5. The van der Waals surface area contributed by atoms with E-state index in [0.29, 0.717) is 51.4 Å². The highest BCUT2D eigenvalue weighted by atomic mass is 16.5. The molecule has 1 aliphatic heterocycles. The lowest BCUT2D eigenvalue weighted by Crippen LogP contribution is -2.51. The van der Waals surface area contributed by atoms with Gasteiger partial charge in [-0.25, -0.2) is 4.68 Å². The number of benzene rings is 1. The summed E-state index contributed by atoms with van der Waals surface area (Å²) in [5, 5.41) is 7.37. The minimum absolute atomic E-state index is 0.00579. The summed E-state index contributed by atoms with van der Waals surface area (Å²) in [4.78, 5) is 29.2. The highest BCUT2D eigenvalue weighted by Gasteiger charge is 2.28. The van der Waals surface area contributed by atoms with E-state index in [9.17, 15) is 9.59 Å². The first-order valence-corrected chi connectivity index (χ1v) is 10.8. The summed E-state index contributed by atoms with van der Waals surface area (Å²) >= 11 is 0. The predicted octanol–water partition coefficient (Wildman–Crippen LogP) is 1.82. The first-order valence-electron chi connectivity index (χ1n) is 10.8. The molecule has 0 atom stereocenters. The average Bonchev–Trinajstić information content (AvgIpc) is 3.20. The molecule has 1 saturated heterocycles. The van der Waals surface area contributed by atoms with E-state index < -0.39 is 0 Å². The van der Waals surface area contributed by atoms with Gasteiger partial charge < -0.3 is 15.0 Å². The van der Waals surface area contributed by atoms with E-state index in [1.165, 1.54) is 5.56 Å². The zero-order valence-corrected chi connectivity index (χ0v) is 18.9. The van der Waals surface area contributed by atoms with Crippen LogP contribution in [0.4, 0.5) is 0 Å². The highest BCUT2D eigenvalue weighted by molar-refractivity contribution is 5.95. The second-order valence-corrected chi connectivity index (χ2v) is 8.26. The van der Waals surface area contributed by atoms with Crippen LogP contribution in [-0.4, -0.2) is 84.4 Å². The molecule has 0 radical (unpaired) electrons. The SMILES string of the molecule is COCCNC(=O)CN1CCN(C(=O)c2cnn(-c3ccc(C)cc3)c2C(C)C)CC1. The minimum atomic E-state index is -0.0155. The van der Waals surface area contributed by atoms with Crippen molar-refractivity contribution in [1.82, 2.24) is 24.9 Å². The Hall–Kier alpha value is -2.71. The summed E-state index contributed by atoms with van der Waals surface area (Å²) in [6.07, 6.45) is 1.69. The Morgan fingerprint density at radius 3 is 2.42 bits per heavy atom. The summed E-state index contributed by atoms with van der Waals surface area (Å²) in [6.45, 7) is 10.1. The molecule has 8 heteroatoms. The molecule has 1 aliphatic rings. The molecule has 8 nitrogen and oxygen atoms in total. The van der Waals surface area contributed by atoms with Crippen molar-refractivity contribution >= 4 is 11.8 Å². The average molecular weight is 428 g/mol. The third kappa shape index (κ3) is 5.71. The molecule has 2 amide bonds. The van der Waals surface area contributed by atoms with Gasteiger partial charge in [0, 0.05) is 39.8 Å². The second-order valence-electron chi connectivity index (χ2n) is 8.26. The molecule has 0 unspecified atom stereocenters. The molecule has 2 aromatic rings. The Morgan fingerprint density at radius 1 is 1.13 bits per heavy atom. The third-order valence-corrected chi connectivity index (χ3v) is 5.52. The number of hydrogen-bond acceptors (Lipinski definition) is 5. The van der Waals surface area contributed by atoms with E-state index in [2.05, 4.69) is 29.2 Å². The molecular formula is C23H33N5O3. The minimum Gasteiger partial charge on any atom is -0.383 e. The van der Waals surface area contributed by atoms with Crippen LogP contribution >= 0.6 is 0 Å². The highest BCUT2D eigenvalue weighted by Crippen LogP contribution is 2.25. The quantitative estimate of drug-likeness (QED) is 0.650. The zero-order chi connectivity index (χ0) is 22.4. The van der Waals surface area contributed by atoms with Gasteiger partial charge in [0.2, 0.25) is 5.91 Å². The van der Waals surface area contributed by atoms with Gasteiger partial charge in [0.15, 0.2) is 0 Å². The number of aromatic nitrogens is 2. The maximum Gasteiger partial charge on any atom is 0.257 e. The Morgan fingerprint density at radius 2 is 1.81 bits per heavy atom. The van der Waals surface area contributed by atoms with Crippen molar-refractivity contribution in [2.75, 3.05) is 53.0 Å². The zero-order valence-electron chi connectivity index (χ0n) is 18.9. The van der Waals surface area contributed by atoms with Gasteiger partial charge >= 0.3 is 0 Å². The van der Waals surface area contributed by atoms with Gasteiger partial charge in [-0.15, -0.1) is 0 Å². The topological polar surface area (TPSA) is 79.7 Å². The van der Waals surface area contributed by atoms with Crippen LogP contribution in [0, 0.1) is 6.92 Å². The fourth-order valence-electron chi connectivity index (χ4n) is 3.80. The summed E-state index contributed by atoms with van der Waals surface area (Å²) in [5.74, 6) is 0.143. The molecule has 0 spiro atoms. The van der Waals surface area contributed by atoms with E-state index in [1.807, 2.05) is 40.8 Å². The first kappa shape index (κ1) is 23.0. The number of ether oxygens (including phenoxy) is 1. The smallest absolute Gasteiger partial charge is 0.257 e. The van der Waals surface area contributed by atoms with Gasteiger partial charge in [0.1, 0.15) is 0 Å². The van der Waals surface area contributed by atoms with Gasteiger partial charge in [-0.2, -0.15) is 5.10 Å². The normalized spacial score (nSPS) is 14.8. The molecule has 168 valence electrons. The van der Waals surface area contributed by atoms with Gasteiger partial charge in [-0.3, -0.25) is 14.5 Å². The van der Waals surface area contributed by atoms with Crippen molar-refractivity contribution < 1.29 is 14.3 Å². The maximum absolute atomic E-state index is 13.3. The van der Waals surface area contributed by atoms with Crippen molar-refractivity contribution in [2.24, 2.45) is 0 Å². The lowest BCUT2D eigenvalue weighted by atomic mass is 10.0. The van der Waals surface area contributed by atoms with Gasteiger partial charge in [-0.1, -0.05) is 31.5 Å². The number of rotatable bonds is 8. The van der Waals surface area contributed by atoms with Gasteiger partial charge in [0.05, 0.1) is 36.3 Å². The molecule has 3 rings (SSSR count). The van der Waals surface area contributed by atoms with Crippen molar-refractivity contribution in [3.63, 3.8) is 0 Å². The predicted molar refractivity (Wildman–Crippen MR) is 120 cm³/mol. The van der Waals surface area contributed by atoms with Crippen LogP contribution in [0.15, 0.2) is 30.5 Å². The van der Waals surface area contributed by atoms with Crippen LogP contribution in [-0.2, 0) is 9.53 Å². The molecule has 31 heavy (non-hydrogen) atoms. The van der Waals surface area contributed by atoms with Crippen LogP contribution in [0.2, 0.25) is 0 Å². The fraction of sp³-hybridized carbons (Fsp3) is 0.522.